The van der Waals surface area contributed by atoms with E-state index in [9.17, 15) is 9.90 Å². The summed E-state index contributed by atoms with van der Waals surface area (Å²) < 4.78 is 16.8. The third-order valence-corrected chi connectivity index (χ3v) is 3.11. The molecule has 1 heterocycles. The number of carbonyl (C=O) groups is 1. The lowest BCUT2D eigenvalue weighted by molar-refractivity contribution is -0.150. The molecule has 0 aromatic heterocycles. The fraction of sp³-hybridized carbons (Fsp3) is 0.786. The minimum atomic E-state index is -0.724. The molecule has 0 unspecified atom stereocenters. The lowest BCUT2D eigenvalue weighted by Gasteiger charge is -2.22. The molecule has 1 aliphatic carbocycles. The lowest BCUT2D eigenvalue weighted by Crippen LogP contribution is -2.36. The maximum Gasteiger partial charge on any atom is 0.411 e. The van der Waals surface area contributed by atoms with Crippen molar-refractivity contribution in [2.45, 2.75) is 58.2 Å². The summed E-state index contributed by atoms with van der Waals surface area (Å²) in [7, 11) is 0. The van der Waals surface area contributed by atoms with Gasteiger partial charge in [0.15, 0.2) is 5.79 Å². The van der Waals surface area contributed by atoms with Crippen LogP contribution in [0.3, 0.4) is 0 Å². The van der Waals surface area contributed by atoms with Gasteiger partial charge in [-0.2, -0.15) is 0 Å². The molecule has 0 spiro atoms. The average Bonchev–Trinajstić information content (AvgIpc) is 2.70. The van der Waals surface area contributed by atoms with Crippen LogP contribution in [0.25, 0.3) is 0 Å². The van der Waals surface area contributed by atoms with E-state index in [0.29, 0.717) is 5.70 Å². The van der Waals surface area contributed by atoms with E-state index in [-0.39, 0.29) is 24.7 Å². The molecule has 6 nitrogen and oxygen atoms in total. The molecule has 2 rings (SSSR count). The monoisotopic (exact) mass is 285 g/mol. The van der Waals surface area contributed by atoms with Gasteiger partial charge in [0.25, 0.3) is 0 Å². The fourth-order valence-electron chi connectivity index (χ4n) is 2.45. The minimum Gasteiger partial charge on any atom is -0.444 e. The molecule has 0 bridgehead atoms. The van der Waals surface area contributed by atoms with Crippen molar-refractivity contribution in [3.05, 3.63) is 11.8 Å². The summed E-state index contributed by atoms with van der Waals surface area (Å²) in [5.41, 5.74) is 0.0274. The number of hydrogen-bond acceptors (Lipinski definition) is 5. The Kier molecular flexibility index (Phi) is 3.83. The Hall–Kier alpha value is -1.11. The number of carbonyl (C=O) groups excluding carboxylic acids is 1. The van der Waals surface area contributed by atoms with Crippen molar-refractivity contribution < 1.29 is 24.1 Å². The predicted molar refractivity (Wildman–Crippen MR) is 71.9 cm³/mol. The Morgan fingerprint density at radius 2 is 2.10 bits per heavy atom. The Morgan fingerprint density at radius 1 is 1.45 bits per heavy atom. The highest BCUT2D eigenvalue weighted by Gasteiger charge is 2.50. The summed E-state index contributed by atoms with van der Waals surface area (Å²) in [6.45, 7) is 8.96. The zero-order valence-electron chi connectivity index (χ0n) is 12.6. The smallest absolute Gasteiger partial charge is 0.411 e. The lowest BCUT2D eigenvalue weighted by atomic mass is 10.1. The van der Waals surface area contributed by atoms with Crippen LogP contribution in [0.5, 0.6) is 0 Å². The molecule has 2 N–H and O–H groups in total. The first-order chi connectivity index (χ1) is 9.11. The highest BCUT2D eigenvalue weighted by molar-refractivity contribution is 5.70. The van der Waals surface area contributed by atoms with Gasteiger partial charge in [0.05, 0.1) is 6.61 Å². The first-order valence-electron chi connectivity index (χ1n) is 6.79. The summed E-state index contributed by atoms with van der Waals surface area (Å²) in [6.07, 6.45) is 0.582. The van der Waals surface area contributed by atoms with Crippen LogP contribution >= 0.6 is 0 Å². The van der Waals surface area contributed by atoms with Gasteiger partial charge in [-0.3, -0.25) is 5.32 Å². The van der Waals surface area contributed by atoms with Crippen LogP contribution in [0, 0.1) is 5.92 Å². The van der Waals surface area contributed by atoms with E-state index in [2.05, 4.69) is 5.32 Å². The quantitative estimate of drug-likeness (QED) is 0.804. The van der Waals surface area contributed by atoms with E-state index in [1.54, 1.807) is 26.8 Å². The molecule has 0 saturated carbocycles. The van der Waals surface area contributed by atoms with E-state index in [1.807, 2.05) is 13.8 Å². The SMILES string of the molecule is CC(C)(C)OC(=O)NC1=C[C@H](CO)[C@H]2OC(C)(C)O[C@@H]12. The Morgan fingerprint density at radius 3 is 2.65 bits per heavy atom. The molecule has 114 valence electrons. The Balaban J connectivity index is 2.06. The largest absolute Gasteiger partial charge is 0.444 e. The summed E-state index contributed by atoms with van der Waals surface area (Å²) in [6, 6.07) is 0. The fourth-order valence-corrected chi connectivity index (χ4v) is 2.45. The van der Waals surface area contributed by atoms with Crippen molar-refractivity contribution in [2.24, 2.45) is 5.92 Å². The Labute approximate surface area is 119 Å². The molecule has 1 saturated heterocycles. The molecule has 1 amide bonds. The van der Waals surface area contributed by atoms with E-state index in [0.717, 1.165) is 0 Å². The standard InChI is InChI=1S/C14H23NO5/c1-13(2,3)20-12(17)15-9-6-8(7-16)10-11(9)19-14(4,5)18-10/h6,8,10-11,16H,7H2,1-5H3,(H,15,17)/t8-,10-,11+/m1/s1. The van der Waals surface area contributed by atoms with Gasteiger partial charge in [-0.25, -0.2) is 4.79 Å². The zero-order valence-corrected chi connectivity index (χ0v) is 12.6. The van der Waals surface area contributed by atoms with Crippen LogP contribution in [-0.4, -0.2) is 41.4 Å². The molecule has 20 heavy (non-hydrogen) atoms. The van der Waals surface area contributed by atoms with Gasteiger partial charge in [-0.1, -0.05) is 6.08 Å². The number of ether oxygens (including phenoxy) is 3. The van der Waals surface area contributed by atoms with Crippen LogP contribution < -0.4 is 5.32 Å². The molecule has 1 fully saturated rings. The number of alkyl carbamates (subject to hydrolysis) is 1. The molecular formula is C14H23NO5. The first-order valence-corrected chi connectivity index (χ1v) is 6.79. The van der Waals surface area contributed by atoms with Gasteiger partial charge >= 0.3 is 6.09 Å². The Bertz CT molecular complexity index is 424. The van der Waals surface area contributed by atoms with Crippen LogP contribution in [0.15, 0.2) is 11.8 Å². The second-order valence-corrected chi connectivity index (χ2v) is 6.62. The maximum atomic E-state index is 11.8. The van der Waals surface area contributed by atoms with Gasteiger partial charge in [-0.15, -0.1) is 0 Å². The first kappa shape index (κ1) is 15.3. The van der Waals surface area contributed by atoms with E-state index in [1.165, 1.54) is 0 Å². The number of aliphatic hydroxyl groups excluding tert-OH is 1. The molecule has 3 atom stereocenters. The summed E-state index contributed by atoms with van der Waals surface area (Å²) in [4.78, 5) is 11.8. The van der Waals surface area contributed by atoms with Crippen molar-refractivity contribution in [1.29, 1.82) is 0 Å². The zero-order chi connectivity index (χ0) is 15.1. The van der Waals surface area contributed by atoms with Gasteiger partial charge in [0, 0.05) is 11.6 Å². The van der Waals surface area contributed by atoms with Crippen LogP contribution in [-0.2, 0) is 14.2 Å². The molecule has 0 aromatic rings. The third kappa shape index (κ3) is 3.31. The average molecular weight is 285 g/mol. The number of hydrogen-bond donors (Lipinski definition) is 2. The molecule has 2 aliphatic rings. The highest BCUT2D eigenvalue weighted by Crippen LogP contribution is 2.40. The molecular weight excluding hydrogens is 262 g/mol. The minimum absolute atomic E-state index is 0.0555. The molecule has 6 heteroatoms. The van der Waals surface area contributed by atoms with Crippen LogP contribution in [0.1, 0.15) is 34.6 Å². The van der Waals surface area contributed by atoms with Gasteiger partial charge in [-0.05, 0) is 34.6 Å². The number of rotatable bonds is 2. The highest BCUT2D eigenvalue weighted by atomic mass is 16.8. The maximum absolute atomic E-state index is 11.8. The number of nitrogens with one attached hydrogen (secondary N) is 1. The molecule has 0 aromatic carbocycles. The summed E-state index contributed by atoms with van der Waals surface area (Å²) >= 11 is 0. The normalized spacial score (nSPS) is 31.7. The second kappa shape index (κ2) is 5.02. The van der Waals surface area contributed by atoms with Gasteiger partial charge in [0.2, 0.25) is 0 Å². The number of aliphatic hydroxyl groups is 1. The number of fused-ring (bicyclic) bond motifs is 1. The van der Waals surface area contributed by atoms with E-state index in [4.69, 9.17) is 14.2 Å². The van der Waals surface area contributed by atoms with E-state index >= 15 is 0 Å². The van der Waals surface area contributed by atoms with Crippen molar-refractivity contribution in [3.63, 3.8) is 0 Å². The van der Waals surface area contributed by atoms with Crippen LogP contribution in [0.2, 0.25) is 0 Å². The predicted octanol–water partition coefficient (Wildman–Crippen LogP) is 1.54. The van der Waals surface area contributed by atoms with Crippen molar-refractivity contribution >= 4 is 6.09 Å². The van der Waals surface area contributed by atoms with Gasteiger partial charge in [0.1, 0.15) is 17.8 Å². The topological polar surface area (TPSA) is 77.0 Å². The summed E-state index contributed by atoms with van der Waals surface area (Å²) in [5.74, 6) is -0.913. The van der Waals surface area contributed by atoms with E-state index < -0.39 is 17.5 Å². The van der Waals surface area contributed by atoms with Crippen molar-refractivity contribution in [3.8, 4) is 0 Å². The van der Waals surface area contributed by atoms with Crippen LogP contribution in [0.4, 0.5) is 4.79 Å². The molecule has 1 aliphatic heterocycles. The third-order valence-electron chi connectivity index (χ3n) is 3.11. The van der Waals surface area contributed by atoms with Gasteiger partial charge < -0.3 is 19.3 Å². The second-order valence-electron chi connectivity index (χ2n) is 6.62. The van der Waals surface area contributed by atoms with Crippen molar-refractivity contribution in [2.75, 3.05) is 6.61 Å². The number of amides is 1. The summed E-state index contributed by atoms with van der Waals surface area (Å²) in [5, 5.41) is 12.1. The molecule has 0 radical (unpaired) electrons. The van der Waals surface area contributed by atoms with Crippen molar-refractivity contribution in [1.82, 2.24) is 5.32 Å².